The van der Waals surface area contributed by atoms with Crippen LogP contribution in [0.25, 0.3) is 0 Å². The molecular weight excluding hydrogens is 328 g/mol. The van der Waals surface area contributed by atoms with E-state index in [0.29, 0.717) is 24.4 Å². The smallest absolute Gasteiger partial charge is 0.257 e. The van der Waals surface area contributed by atoms with Crippen LogP contribution in [0.2, 0.25) is 0 Å². The number of sulfonamides is 1. The zero-order chi connectivity index (χ0) is 18.2. The van der Waals surface area contributed by atoms with Crippen molar-refractivity contribution < 1.29 is 17.9 Å². The monoisotopic (exact) mass is 356 g/mol. The Morgan fingerprint density at radius 3 is 2.58 bits per heavy atom. The van der Waals surface area contributed by atoms with E-state index in [4.69, 9.17) is 4.74 Å². The molecule has 0 saturated carbocycles. The summed E-state index contributed by atoms with van der Waals surface area (Å²) in [5, 5.41) is 2.77. The van der Waals surface area contributed by atoms with E-state index in [1.165, 1.54) is 6.07 Å². The minimum atomic E-state index is -3.53. The van der Waals surface area contributed by atoms with E-state index >= 15 is 0 Å². The van der Waals surface area contributed by atoms with Gasteiger partial charge in [0.05, 0.1) is 4.90 Å². The minimum absolute atomic E-state index is 0.0811. The lowest BCUT2D eigenvalue weighted by Crippen LogP contribution is -2.29. The molecule has 1 aromatic carbocycles. The van der Waals surface area contributed by atoms with Gasteiger partial charge in [0.25, 0.3) is 5.91 Å². The molecule has 1 aromatic rings. The van der Waals surface area contributed by atoms with Crippen molar-refractivity contribution in [2.24, 2.45) is 5.92 Å². The summed E-state index contributed by atoms with van der Waals surface area (Å²) in [6, 6.07) is 4.62. The van der Waals surface area contributed by atoms with Gasteiger partial charge in [-0.05, 0) is 43.0 Å². The highest BCUT2D eigenvalue weighted by molar-refractivity contribution is 7.89. The molecule has 0 fully saturated rings. The maximum atomic E-state index is 12.2. The number of nitrogens with one attached hydrogen (secondary N) is 2. The average molecular weight is 356 g/mol. The highest BCUT2D eigenvalue weighted by Gasteiger charge is 2.16. The Morgan fingerprint density at radius 1 is 1.29 bits per heavy atom. The summed E-state index contributed by atoms with van der Waals surface area (Å²) in [5.41, 5.74) is 0.670. The summed E-state index contributed by atoms with van der Waals surface area (Å²) in [4.78, 5) is 11.8. The van der Waals surface area contributed by atoms with Crippen molar-refractivity contribution in [3.63, 3.8) is 0 Å². The van der Waals surface area contributed by atoms with Gasteiger partial charge in [-0.15, -0.1) is 0 Å². The molecule has 7 heteroatoms. The van der Waals surface area contributed by atoms with Crippen LogP contribution in [0.4, 0.5) is 0 Å². The van der Waals surface area contributed by atoms with E-state index in [1.807, 2.05) is 13.8 Å². The van der Waals surface area contributed by atoms with Gasteiger partial charge in [-0.25, -0.2) is 13.1 Å². The summed E-state index contributed by atoms with van der Waals surface area (Å²) < 4.78 is 32.4. The van der Waals surface area contributed by atoms with Crippen molar-refractivity contribution in [3.8, 4) is 5.75 Å². The zero-order valence-corrected chi connectivity index (χ0v) is 15.7. The number of benzene rings is 1. The second kappa shape index (κ2) is 9.64. The molecule has 0 bridgehead atoms. The third kappa shape index (κ3) is 6.88. The van der Waals surface area contributed by atoms with Gasteiger partial charge in [0.1, 0.15) is 5.75 Å². The van der Waals surface area contributed by atoms with Gasteiger partial charge >= 0.3 is 0 Å². The molecule has 24 heavy (non-hydrogen) atoms. The van der Waals surface area contributed by atoms with E-state index < -0.39 is 10.0 Å². The number of ether oxygens (including phenoxy) is 1. The maximum Gasteiger partial charge on any atom is 0.257 e. The molecule has 0 radical (unpaired) electrons. The van der Waals surface area contributed by atoms with Crippen LogP contribution in [0.1, 0.15) is 39.2 Å². The number of amides is 1. The number of unbranched alkanes of at least 4 members (excludes halogenated alkanes) is 1. The molecule has 0 saturated heterocycles. The van der Waals surface area contributed by atoms with Crippen LogP contribution in [-0.4, -0.2) is 34.0 Å². The van der Waals surface area contributed by atoms with Gasteiger partial charge in [-0.1, -0.05) is 27.2 Å². The Hall–Kier alpha value is -1.60. The van der Waals surface area contributed by atoms with E-state index in [2.05, 4.69) is 17.0 Å². The number of carbonyl (C=O) groups is 1. The lowest BCUT2D eigenvalue weighted by Gasteiger charge is -2.12. The lowest BCUT2D eigenvalue weighted by atomic mass is 10.2. The molecule has 0 aliphatic rings. The van der Waals surface area contributed by atoms with Crippen molar-refractivity contribution in [1.82, 2.24) is 10.0 Å². The van der Waals surface area contributed by atoms with Crippen molar-refractivity contribution in [1.29, 1.82) is 0 Å². The zero-order valence-electron chi connectivity index (χ0n) is 14.9. The number of aryl methyl sites for hydroxylation is 1. The summed E-state index contributed by atoms with van der Waals surface area (Å²) >= 11 is 0. The first-order chi connectivity index (χ1) is 11.3. The fraction of sp³-hybridized carbons (Fsp3) is 0.588. The Balaban J connectivity index is 2.66. The van der Waals surface area contributed by atoms with E-state index in [9.17, 15) is 13.2 Å². The topological polar surface area (TPSA) is 84.5 Å². The predicted octanol–water partition coefficient (Wildman–Crippen LogP) is 2.22. The van der Waals surface area contributed by atoms with E-state index in [1.54, 1.807) is 19.1 Å². The molecule has 0 aliphatic carbocycles. The van der Waals surface area contributed by atoms with Crippen LogP contribution >= 0.6 is 0 Å². The molecule has 0 aromatic heterocycles. The maximum absolute atomic E-state index is 12.2. The van der Waals surface area contributed by atoms with Crippen LogP contribution in [0.3, 0.4) is 0 Å². The van der Waals surface area contributed by atoms with Crippen molar-refractivity contribution in [3.05, 3.63) is 23.8 Å². The first-order valence-corrected chi connectivity index (χ1v) is 9.74. The number of hydrogen-bond donors (Lipinski definition) is 2. The molecular formula is C17H28N2O4S. The third-order valence-corrected chi connectivity index (χ3v) is 4.77. The Morgan fingerprint density at radius 2 is 2.00 bits per heavy atom. The van der Waals surface area contributed by atoms with Crippen LogP contribution in [-0.2, 0) is 14.8 Å². The van der Waals surface area contributed by atoms with Crippen LogP contribution < -0.4 is 14.8 Å². The van der Waals surface area contributed by atoms with Gasteiger partial charge in [0.15, 0.2) is 6.61 Å². The first kappa shape index (κ1) is 20.4. The molecule has 0 heterocycles. The molecule has 0 spiro atoms. The molecule has 1 rings (SSSR count). The molecule has 1 amide bonds. The van der Waals surface area contributed by atoms with Gasteiger partial charge in [0, 0.05) is 13.1 Å². The number of rotatable bonds is 10. The Kier molecular flexibility index (Phi) is 8.21. The summed E-state index contributed by atoms with van der Waals surface area (Å²) in [6.45, 7) is 8.63. The minimum Gasteiger partial charge on any atom is -0.484 e. The van der Waals surface area contributed by atoms with Crippen molar-refractivity contribution in [2.45, 2.75) is 45.4 Å². The third-order valence-electron chi connectivity index (χ3n) is 3.35. The Bertz CT molecular complexity index is 642. The molecule has 0 atom stereocenters. The van der Waals surface area contributed by atoms with Crippen LogP contribution in [0, 0.1) is 12.8 Å². The lowest BCUT2D eigenvalue weighted by molar-refractivity contribution is -0.123. The number of hydrogen-bond acceptors (Lipinski definition) is 4. The average Bonchev–Trinajstić information content (AvgIpc) is 2.52. The van der Waals surface area contributed by atoms with Crippen LogP contribution in [0.5, 0.6) is 5.75 Å². The quantitative estimate of drug-likeness (QED) is 0.630. The summed E-state index contributed by atoms with van der Waals surface area (Å²) in [7, 11) is -3.53. The standard InChI is InChI=1S/C17H28N2O4S/c1-5-6-9-18-17(20)12-23-16-8-7-15(10-14(16)4)24(21,22)19-11-13(2)3/h7-8,10,13,19H,5-6,9,11-12H2,1-4H3,(H,18,20). The second-order valence-electron chi connectivity index (χ2n) is 6.17. The molecule has 136 valence electrons. The van der Waals surface area contributed by atoms with Gasteiger partial charge < -0.3 is 10.1 Å². The number of carbonyl (C=O) groups excluding carboxylic acids is 1. The van der Waals surface area contributed by atoms with Crippen molar-refractivity contribution >= 4 is 15.9 Å². The fourth-order valence-electron chi connectivity index (χ4n) is 1.91. The van der Waals surface area contributed by atoms with Crippen LogP contribution in [0.15, 0.2) is 23.1 Å². The van der Waals surface area contributed by atoms with Gasteiger partial charge in [-0.2, -0.15) is 0 Å². The SMILES string of the molecule is CCCCNC(=O)COc1ccc(S(=O)(=O)NCC(C)C)cc1C. The largest absolute Gasteiger partial charge is 0.484 e. The van der Waals surface area contributed by atoms with Gasteiger partial charge in [0.2, 0.25) is 10.0 Å². The second-order valence-corrected chi connectivity index (χ2v) is 7.93. The van der Waals surface area contributed by atoms with E-state index in [0.717, 1.165) is 12.8 Å². The molecule has 0 unspecified atom stereocenters. The normalized spacial score (nSPS) is 11.5. The summed E-state index contributed by atoms with van der Waals surface area (Å²) in [6.07, 6.45) is 1.95. The first-order valence-electron chi connectivity index (χ1n) is 8.26. The predicted molar refractivity (Wildman–Crippen MR) is 94.6 cm³/mol. The Labute approximate surface area is 145 Å². The fourth-order valence-corrected chi connectivity index (χ4v) is 3.21. The van der Waals surface area contributed by atoms with E-state index in [-0.39, 0.29) is 23.3 Å². The highest BCUT2D eigenvalue weighted by atomic mass is 32.2. The van der Waals surface area contributed by atoms with Gasteiger partial charge in [-0.3, -0.25) is 4.79 Å². The summed E-state index contributed by atoms with van der Waals surface area (Å²) in [5.74, 6) is 0.552. The highest BCUT2D eigenvalue weighted by Crippen LogP contribution is 2.21. The molecule has 2 N–H and O–H groups in total. The molecule has 6 nitrogen and oxygen atoms in total. The molecule has 0 aliphatic heterocycles. The van der Waals surface area contributed by atoms with Crippen molar-refractivity contribution in [2.75, 3.05) is 19.7 Å².